The number of hydrogen-bond donors (Lipinski definition) is 1. The molecule has 2 aromatic heterocycles. The lowest BCUT2D eigenvalue weighted by Gasteiger charge is -2.43. The molecule has 0 saturated heterocycles. The van der Waals surface area contributed by atoms with Gasteiger partial charge in [-0.15, -0.1) is 11.7 Å². The molecule has 1 N–H and O–H groups in total. The summed E-state index contributed by atoms with van der Waals surface area (Å²) in [6.45, 7) is 13.5. The summed E-state index contributed by atoms with van der Waals surface area (Å²) >= 11 is 0. The first-order valence-electron chi connectivity index (χ1n) is 13.6. The number of ether oxygens (including phenoxy) is 1. The highest BCUT2D eigenvalue weighted by atomic mass is 17.1. The van der Waals surface area contributed by atoms with Crippen molar-refractivity contribution in [3.05, 3.63) is 53.6 Å². The number of benzene rings is 1. The number of amides is 1. The Kier molecular flexibility index (Phi) is 8.43. The Bertz CT molecular complexity index is 1440. The van der Waals surface area contributed by atoms with Crippen molar-refractivity contribution in [2.24, 2.45) is 7.05 Å². The standard InChI is InChI=1S/C29H32N4O4.C2H6/c1-6-8-26(34)33(24-15-19(4)18(3)14-22(24)20-9-10-20)25-12-11-23-27(30-25)28(31-32(23)5)36-21-16-29(17-21,37-35)13-7-2;1-2/h7,11-12,14-15,20-21,35H,2,9-10,13,16-17H2,1,3-5H3;1-2H3. The van der Waals surface area contributed by atoms with Crippen LogP contribution in [-0.4, -0.2) is 37.6 Å². The molecule has 1 amide bonds. The lowest BCUT2D eigenvalue weighted by atomic mass is 9.75. The molecule has 0 bridgehead atoms. The first-order chi connectivity index (χ1) is 18.8. The second-order valence-electron chi connectivity index (χ2n) is 10.2. The van der Waals surface area contributed by atoms with Crippen LogP contribution in [0.25, 0.3) is 11.0 Å². The van der Waals surface area contributed by atoms with Crippen LogP contribution in [0.2, 0.25) is 0 Å². The molecule has 39 heavy (non-hydrogen) atoms. The topological polar surface area (TPSA) is 89.7 Å². The number of nitrogens with zero attached hydrogens (tertiary/aromatic N) is 4. The molecule has 1 aromatic carbocycles. The molecule has 0 unspecified atom stereocenters. The van der Waals surface area contributed by atoms with Crippen LogP contribution in [0.15, 0.2) is 36.9 Å². The minimum absolute atomic E-state index is 0.180. The summed E-state index contributed by atoms with van der Waals surface area (Å²) in [7, 11) is 1.83. The molecular weight excluding hydrogens is 492 g/mol. The molecule has 2 heterocycles. The van der Waals surface area contributed by atoms with Gasteiger partial charge in [0.2, 0.25) is 0 Å². The van der Waals surface area contributed by atoms with Gasteiger partial charge in [0.05, 0.1) is 11.2 Å². The molecule has 2 fully saturated rings. The van der Waals surface area contributed by atoms with Gasteiger partial charge in [0.15, 0.2) is 5.52 Å². The SMILES string of the molecule is C=CCC1(OO)CC(Oc2nn(C)c3ccc(N(C(=O)C#CC)c4cc(C)c(C)cc4C4CC4)nc23)C1.CC. The summed E-state index contributed by atoms with van der Waals surface area (Å²) in [5, 5.41) is 13.9. The molecule has 8 nitrogen and oxygen atoms in total. The summed E-state index contributed by atoms with van der Waals surface area (Å²) in [5.74, 6) is 6.40. The molecule has 2 saturated carbocycles. The minimum atomic E-state index is -0.667. The summed E-state index contributed by atoms with van der Waals surface area (Å²) < 4.78 is 7.90. The number of anilines is 2. The van der Waals surface area contributed by atoms with Crippen molar-refractivity contribution in [1.82, 2.24) is 14.8 Å². The number of aryl methyl sites for hydroxylation is 3. The molecule has 206 valence electrons. The monoisotopic (exact) mass is 530 g/mol. The maximum Gasteiger partial charge on any atom is 0.308 e. The largest absolute Gasteiger partial charge is 0.472 e. The average Bonchev–Trinajstić information content (AvgIpc) is 3.71. The van der Waals surface area contributed by atoms with Crippen molar-refractivity contribution in [2.75, 3.05) is 4.90 Å². The molecule has 0 spiro atoms. The normalized spacial score (nSPS) is 19.7. The zero-order valence-corrected chi connectivity index (χ0v) is 23.7. The molecule has 2 aliphatic rings. The quantitative estimate of drug-likeness (QED) is 0.154. The van der Waals surface area contributed by atoms with Crippen LogP contribution in [0.1, 0.15) is 75.5 Å². The van der Waals surface area contributed by atoms with E-state index < -0.39 is 5.60 Å². The van der Waals surface area contributed by atoms with Crippen LogP contribution in [0.5, 0.6) is 5.88 Å². The van der Waals surface area contributed by atoms with Crippen molar-refractivity contribution < 1.29 is 19.7 Å². The predicted octanol–water partition coefficient (Wildman–Crippen LogP) is 6.52. The van der Waals surface area contributed by atoms with E-state index in [0.29, 0.717) is 42.4 Å². The highest BCUT2D eigenvalue weighted by Crippen LogP contribution is 2.47. The van der Waals surface area contributed by atoms with Crippen LogP contribution in [-0.2, 0) is 16.7 Å². The average molecular weight is 531 g/mol. The molecular formula is C31H38N4O4. The van der Waals surface area contributed by atoms with Gasteiger partial charge in [-0.3, -0.25) is 19.6 Å². The van der Waals surface area contributed by atoms with Crippen LogP contribution >= 0.6 is 0 Å². The highest BCUT2D eigenvalue weighted by molar-refractivity contribution is 6.11. The summed E-state index contributed by atoms with van der Waals surface area (Å²) in [6, 6.07) is 7.98. The third-order valence-corrected chi connectivity index (χ3v) is 7.40. The Morgan fingerprint density at radius 3 is 2.56 bits per heavy atom. The van der Waals surface area contributed by atoms with E-state index in [2.05, 4.69) is 49.5 Å². The first-order valence-corrected chi connectivity index (χ1v) is 13.6. The Morgan fingerprint density at radius 2 is 1.95 bits per heavy atom. The number of aromatic nitrogens is 3. The third-order valence-electron chi connectivity index (χ3n) is 7.40. The second-order valence-corrected chi connectivity index (χ2v) is 10.2. The maximum atomic E-state index is 13.4. The summed E-state index contributed by atoms with van der Waals surface area (Å²) in [6.07, 6.45) is 5.31. The van der Waals surface area contributed by atoms with Gasteiger partial charge >= 0.3 is 5.91 Å². The molecule has 8 heteroatoms. The van der Waals surface area contributed by atoms with Gasteiger partial charge in [0.1, 0.15) is 17.5 Å². The number of carbonyl (C=O) groups is 1. The molecule has 5 rings (SSSR count). The fraction of sp³-hybridized carbons (Fsp3) is 0.452. The Hall–Kier alpha value is -3.67. The second kappa shape index (κ2) is 11.6. The lowest BCUT2D eigenvalue weighted by molar-refractivity contribution is -0.354. The molecule has 0 radical (unpaired) electrons. The van der Waals surface area contributed by atoms with Crippen LogP contribution in [0, 0.1) is 25.7 Å². The van der Waals surface area contributed by atoms with Crippen LogP contribution < -0.4 is 9.64 Å². The van der Waals surface area contributed by atoms with E-state index in [1.807, 2.05) is 33.0 Å². The zero-order chi connectivity index (χ0) is 28.3. The number of pyridine rings is 1. The Balaban J connectivity index is 0.00000172. The van der Waals surface area contributed by atoms with Gasteiger partial charge in [0, 0.05) is 19.9 Å². The van der Waals surface area contributed by atoms with Gasteiger partial charge in [-0.05, 0) is 86.8 Å². The minimum Gasteiger partial charge on any atom is -0.472 e. The van der Waals surface area contributed by atoms with Gasteiger partial charge in [-0.25, -0.2) is 9.87 Å². The van der Waals surface area contributed by atoms with E-state index in [-0.39, 0.29) is 12.0 Å². The van der Waals surface area contributed by atoms with Gasteiger partial charge in [0.25, 0.3) is 5.88 Å². The summed E-state index contributed by atoms with van der Waals surface area (Å²) in [4.78, 5) is 24.6. The van der Waals surface area contributed by atoms with Crippen LogP contribution in [0.4, 0.5) is 11.5 Å². The maximum absolute atomic E-state index is 13.4. The van der Waals surface area contributed by atoms with Gasteiger partial charge in [-0.1, -0.05) is 31.9 Å². The molecule has 3 aromatic rings. The number of carbonyl (C=O) groups excluding carboxylic acids is 1. The van der Waals surface area contributed by atoms with Crippen molar-refractivity contribution in [3.8, 4) is 17.7 Å². The zero-order valence-electron chi connectivity index (χ0n) is 23.7. The van der Waals surface area contributed by atoms with E-state index in [1.54, 1.807) is 22.6 Å². The third kappa shape index (κ3) is 5.56. The fourth-order valence-electron chi connectivity index (χ4n) is 5.09. The van der Waals surface area contributed by atoms with E-state index in [1.165, 1.54) is 5.56 Å². The summed E-state index contributed by atoms with van der Waals surface area (Å²) in [5.41, 5.74) is 4.95. The van der Waals surface area contributed by atoms with Gasteiger partial charge < -0.3 is 4.74 Å². The number of rotatable bonds is 8. The van der Waals surface area contributed by atoms with E-state index in [4.69, 9.17) is 14.6 Å². The Morgan fingerprint density at radius 1 is 1.26 bits per heavy atom. The van der Waals surface area contributed by atoms with Crippen molar-refractivity contribution >= 4 is 28.4 Å². The van der Waals surface area contributed by atoms with E-state index in [0.717, 1.165) is 35.2 Å². The predicted molar refractivity (Wildman–Crippen MR) is 153 cm³/mol. The molecule has 0 atom stereocenters. The van der Waals surface area contributed by atoms with E-state index in [9.17, 15) is 10.1 Å². The first kappa shape index (κ1) is 28.3. The molecule has 0 aliphatic heterocycles. The van der Waals surface area contributed by atoms with Crippen molar-refractivity contribution in [3.63, 3.8) is 0 Å². The van der Waals surface area contributed by atoms with Crippen LogP contribution in [0.3, 0.4) is 0 Å². The lowest BCUT2D eigenvalue weighted by Crippen LogP contribution is -2.51. The van der Waals surface area contributed by atoms with Gasteiger partial charge in [-0.2, -0.15) is 0 Å². The van der Waals surface area contributed by atoms with Crippen molar-refractivity contribution in [1.29, 1.82) is 0 Å². The number of hydrogen-bond acceptors (Lipinski definition) is 6. The fourth-order valence-corrected chi connectivity index (χ4v) is 5.09. The smallest absolute Gasteiger partial charge is 0.308 e. The Labute approximate surface area is 230 Å². The molecule has 2 aliphatic carbocycles. The van der Waals surface area contributed by atoms with E-state index >= 15 is 0 Å². The van der Waals surface area contributed by atoms with Crippen molar-refractivity contribution in [2.45, 2.75) is 84.3 Å². The number of fused-ring (bicyclic) bond motifs is 1. The highest BCUT2D eigenvalue weighted by Gasteiger charge is 2.47.